The molecule has 180 valence electrons. The van der Waals surface area contributed by atoms with Crippen LogP contribution in [0.25, 0.3) is 10.9 Å². The largest absolute Gasteiger partial charge is 0.444 e. The molecule has 2 heterocycles. The van der Waals surface area contributed by atoms with Crippen LogP contribution in [0.3, 0.4) is 0 Å². The van der Waals surface area contributed by atoms with Crippen molar-refractivity contribution in [2.24, 2.45) is 11.8 Å². The molecule has 1 amide bonds. The Hall–Kier alpha value is -3.04. The van der Waals surface area contributed by atoms with Gasteiger partial charge in [-0.3, -0.25) is 9.36 Å². The number of alkyl carbamates (subject to hydrolysis) is 1. The standard InChI is InChI=1S/C23H32FN5O4/c1-12-10-27(11-14(12)9-26-21(31)33-23(3,4)5)19-13(2)18-16(8-17(19)24)20(30)29(25)22(32)28(18)15-6-7-15/h8,12,14-15H,6-7,9-11,25H2,1-5H3,(H,26,31). The van der Waals surface area contributed by atoms with E-state index in [1.807, 2.05) is 4.90 Å². The molecule has 1 saturated carbocycles. The number of nitrogens with two attached hydrogens (primary N) is 1. The van der Waals surface area contributed by atoms with E-state index in [2.05, 4.69) is 12.2 Å². The number of hydrogen-bond donors (Lipinski definition) is 2. The average Bonchev–Trinajstić information content (AvgIpc) is 3.47. The van der Waals surface area contributed by atoms with Crippen LogP contribution in [-0.2, 0) is 4.74 Å². The van der Waals surface area contributed by atoms with Crippen molar-refractivity contribution in [2.45, 2.75) is 59.1 Å². The van der Waals surface area contributed by atoms with Crippen molar-refractivity contribution in [1.29, 1.82) is 0 Å². The first-order chi connectivity index (χ1) is 15.4. The Morgan fingerprint density at radius 2 is 1.94 bits per heavy atom. The number of nitrogen functional groups attached to an aromatic ring is 1. The molecule has 2 aromatic rings. The SMILES string of the molecule is Cc1c(N2CC(C)C(CNC(=O)OC(C)(C)C)C2)c(F)cc2c(=O)n(N)c(=O)n(C3CC3)c12. The lowest BCUT2D eigenvalue weighted by molar-refractivity contribution is 0.0518. The molecular weight excluding hydrogens is 429 g/mol. The summed E-state index contributed by atoms with van der Waals surface area (Å²) in [5, 5.41) is 2.92. The fourth-order valence-electron chi connectivity index (χ4n) is 4.73. The van der Waals surface area contributed by atoms with Crippen LogP contribution in [0.1, 0.15) is 52.1 Å². The smallest absolute Gasteiger partial charge is 0.407 e. The first-order valence-electron chi connectivity index (χ1n) is 11.4. The number of fused-ring (bicyclic) bond motifs is 1. The third-order valence-electron chi connectivity index (χ3n) is 6.47. The number of carbonyl (C=O) groups is 1. The van der Waals surface area contributed by atoms with Crippen LogP contribution in [0.4, 0.5) is 14.9 Å². The van der Waals surface area contributed by atoms with E-state index >= 15 is 4.39 Å². The van der Waals surface area contributed by atoms with Gasteiger partial charge >= 0.3 is 11.8 Å². The van der Waals surface area contributed by atoms with Gasteiger partial charge in [0.2, 0.25) is 0 Å². The summed E-state index contributed by atoms with van der Waals surface area (Å²) in [6, 6.07) is 1.16. The Labute approximate surface area is 191 Å². The lowest BCUT2D eigenvalue weighted by Gasteiger charge is -2.24. The van der Waals surface area contributed by atoms with E-state index in [-0.39, 0.29) is 23.3 Å². The highest BCUT2D eigenvalue weighted by molar-refractivity contribution is 5.87. The lowest BCUT2D eigenvalue weighted by atomic mass is 9.98. The molecule has 4 rings (SSSR count). The highest BCUT2D eigenvalue weighted by Crippen LogP contribution is 2.39. The van der Waals surface area contributed by atoms with Crippen molar-refractivity contribution in [3.63, 3.8) is 0 Å². The topological polar surface area (TPSA) is 112 Å². The van der Waals surface area contributed by atoms with Crippen LogP contribution in [0.15, 0.2) is 15.7 Å². The van der Waals surface area contributed by atoms with Crippen LogP contribution < -0.4 is 27.3 Å². The van der Waals surface area contributed by atoms with Crippen molar-refractivity contribution in [1.82, 2.24) is 14.6 Å². The zero-order chi connectivity index (χ0) is 24.2. The van der Waals surface area contributed by atoms with Crippen LogP contribution in [-0.4, -0.2) is 40.6 Å². The number of aromatic nitrogens is 2. The minimum Gasteiger partial charge on any atom is -0.444 e. The third kappa shape index (κ3) is 4.30. The minimum absolute atomic E-state index is 0.0318. The summed E-state index contributed by atoms with van der Waals surface area (Å²) in [7, 11) is 0. The number of carbonyl (C=O) groups excluding carboxylic acids is 1. The van der Waals surface area contributed by atoms with Crippen LogP contribution in [0.5, 0.6) is 0 Å². The first-order valence-corrected chi connectivity index (χ1v) is 11.4. The maximum atomic E-state index is 15.3. The molecule has 9 nitrogen and oxygen atoms in total. The van der Waals surface area contributed by atoms with Gasteiger partial charge in [0.25, 0.3) is 5.56 Å². The van der Waals surface area contributed by atoms with Gasteiger partial charge in [0.1, 0.15) is 11.4 Å². The Bertz CT molecular complexity index is 1220. The summed E-state index contributed by atoms with van der Waals surface area (Å²) < 4.78 is 22.7. The molecular formula is C23H32FN5O4. The molecule has 1 aliphatic heterocycles. The third-order valence-corrected chi connectivity index (χ3v) is 6.47. The summed E-state index contributed by atoms with van der Waals surface area (Å²) in [6.45, 7) is 10.7. The second-order valence-corrected chi connectivity index (χ2v) is 10.3. The molecule has 2 atom stereocenters. The molecule has 0 bridgehead atoms. The monoisotopic (exact) mass is 461 g/mol. The summed E-state index contributed by atoms with van der Waals surface area (Å²) >= 11 is 0. The molecule has 10 heteroatoms. The average molecular weight is 462 g/mol. The highest BCUT2D eigenvalue weighted by atomic mass is 19.1. The van der Waals surface area contributed by atoms with E-state index in [9.17, 15) is 14.4 Å². The number of aryl methyl sites for hydroxylation is 1. The van der Waals surface area contributed by atoms with Crippen molar-refractivity contribution in [3.05, 3.63) is 38.3 Å². The summed E-state index contributed by atoms with van der Waals surface area (Å²) in [5.41, 5.74) is -0.466. The van der Waals surface area contributed by atoms with Crippen LogP contribution >= 0.6 is 0 Å². The van der Waals surface area contributed by atoms with Gasteiger partial charge in [0.15, 0.2) is 0 Å². The molecule has 2 unspecified atom stereocenters. The van der Waals surface area contributed by atoms with Gasteiger partial charge in [0.05, 0.1) is 16.6 Å². The summed E-state index contributed by atoms with van der Waals surface area (Å²) in [5.74, 6) is 5.46. The maximum Gasteiger partial charge on any atom is 0.407 e. The fraction of sp³-hybridized carbons (Fsp3) is 0.609. The van der Waals surface area contributed by atoms with Gasteiger partial charge in [-0.15, -0.1) is 0 Å². The number of nitrogens with one attached hydrogen (secondary N) is 1. The number of halogens is 1. The Balaban J connectivity index is 1.66. The molecule has 33 heavy (non-hydrogen) atoms. The number of anilines is 1. The van der Waals surface area contributed by atoms with E-state index in [0.29, 0.717) is 41.1 Å². The van der Waals surface area contributed by atoms with E-state index in [0.717, 1.165) is 12.8 Å². The Morgan fingerprint density at radius 1 is 1.27 bits per heavy atom. The molecule has 0 radical (unpaired) electrons. The maximum absolute atomic E-state index is 15.3. The minimum atomic E-state index is -0.699. The van der Waals surface area contributed by atoms with Crippen molar-refractivity contribution >= 4 is 22.7 Å². The fourth-order valence-corrected chi connectivity index (χ4v) is 4.73. The summed E-state index contributed by atoms with van der Waals surface area (Å²) in [6.07, 6.45) is 1.16. The second-order valence-electron chi connectivity index (χ2n) is 10.3. The highest BCUT2D eigenvalue weighted by Gasteiger charge is 2.35. The van der Waals surface area contributed by atoms with Gasteiger partial charge in [-0.25, -0.2) is 14.0 Å². The predicted octanol–water partition coefficient (Wildman–Crippen LogP) is 2.26. The predicted molar refractivity (Wildman–Crippen MR) is 125 cm³/mol. The number of benzene rings is 1. The van der Waals surface area contributed by atoms with E-state index in [4.69, 9.17) is 10.6 Å². The number of rotatable bonds is 4. The van der Waals surface area contributed by atoms with Gasteiger partial charge < -0.3 is 20.8 Å². The van der Waals surface area contributed by atoms with Crippen LogP contribution in [0, 0.1) is 24.6 Å². The molecule has 1 saturated heterocycles. The van der Waals surface area contributed by atoms with Gasteiger partial charge in [-0.1, -0.05) is 6.92 Å². The van der Waals surface area contributed by atoms with Gasteiger partial charge in [-0.2, -0.15) is 4.68 Å². The number of amides is 1. The molecule has 1 aromatic heterocycles. The second kappa shape index (κ2) is 8.07. The molecule has 0 spiro atoms. The zero-order valence-corrected chi connectivity index (χ0v) is 19.8. The Kier molecular flexibility index (Phi) is 5.66. The van der Waals surface area contributed by atoms with Crippen molar-refractivity contribution in [3.8, 4) is 0 Å². The van der Waals surface area contributed by atoms with Crippen LogP contribution in [0.2, 0.25) is 0 Å². The quantitative estimate of drug-likeness (QED) is 0.676. The lowest BCUT2D eigenvalue weighted by Crippen LogP contribution is -2.44. The molecule has 1 aliphatic carbocycles. The van der Waals surface area contributed by atoms with Gasteiger partial charge in [-0.05, 0) is 58.4 Å². The molecule has 2 aliphatic rings. The van der Waals surface area contributed by atoms with Crippen molar-refractivity contribution < 1.29 is 13.9 Å². The zero-order valence-electron chi connectivity index (χ0n) is 19.8. The molecule has 3 N–H and O–H groups in total. The summed E-state index contributed by atoms with van der Waals surface area (Å²) in [4.78, 5) is 39.4. The van der Waals surface area contributed by atoms with Gasteiger partial charge in [0, 0.05) is 31.2 Å². The normalized spacial score (nSPS) is 21.0. The first kappa shape index (κ1) is 23.1. The number of nitrogens with zero attached hydrogens (tertiary/aromatic N) is 3. The molecule has 2 fully saturated rings. The molecule has 1 aromatic carbocycles. The van der Waals surface area contributed by atoms with E-state index in [1.165, 1.54) is 10.6 Å². The number of hydrogen-bond acceptors (Lipinski definition) is 6. The van der Waals surface area contributed by atoms with E-state index < -0.39 is 28.8 Å². The number of ether oxygens (including phenoxy) is 1. The van der Waals surface area contributed by atoms with Crippen molar-refractivity contribution in [2.75, 3.05) is 30.4 Å². The van der Waals surface area contributed by atoms with E-state index in [1.54, 1.807) is 27.7 Å². The Morgan fingerprint density at radius 3 is 2.55 bits per heavy atom.